The summed E-state index contributed by atoms with van der Waals surface area (Å²) in [5.74, 6) is 1.28. The zero-order valence-electron chi connectivity index (χ0n) is 14.9. The van der Waals surface area contributed by atoms with Gasteiger partial charge in [-0.3, -0.25) is 0 Å². The van der Waals surface area contributed by atoms with E-state index in [0.717, 1.165) is 24.3 Å². The molecule has 140 valence electrons. The minimum atomic E-state index is 0.217. The Kier molecular flexibility index (Phi) is 4.79. The van der Waals surface area contributed by atoms with Crippen LogP contribution < -0.4 is 15.4 Å². The Balaban J connectivity index is 1.65. The number of nitrogen functional groups attached to an aromatic ring is 1. The lowest BCUT2D eigenvalue weighted by molar-refractivity contribution is 0.122. The summed E-state index contributed by atoms with van der Waals surface area (Å²) in [4.78, 5) is 23.5. The maximum absolute atomic E-state index is 5.91. The fraction of sp³-hybridized carbons (Fsp3) is 0.353. The van der Waals surface area contributed by atoms with E-state index in [0.29, 0.717) is 37.3 Å². The molecule has 1 saturated heterocycles. The highest BCUT2D eigenvalue weighted by atomic mass is 16.5. The maximum Gasteiger partial charge on any atom is 0.229 e. The normalized spacial score (nSPS) is 14.3. The molecule has 0 bridgehead atoms. The predicted molar refractivity (Wildman–Crippen MR) is 98.0 cm³/mol. The number of ether oxygens (including phenoxy) is 2. The number of nitrogens with zero attached hydrogens (tertiary/aromatic N) is 7. The van der Waals surface area contributed by atoms with Gasteiger partial charge < -0.3 is 24.7 Å². The predicted octanol–water partition coefficient (Wildman–Crippen LogP) is 0.665. The van der Waals surface area contributed by atoms with Gasteiger partial charge in [0, 0.05) is 44.2 Å². The highest BCUT2D eigenvalue weighted by Gasteiger charge is 2.17. The standard InChI is InChI=1S/C17H20N8O2/c1-24-11-19-9-13(24)10-27-15-6-14(12-7-20-16(18)21-8-12)22-17(23-15)25-2-4-26-5-3-25/h6-9,11H,2-5,10H2,1H3,(H2,18,20,21). The Morgan fingerprint density at radius 3 is 2.63 bits per heavy atom. The van der Waals surface area contributed by atoms with Crippen molar-refractivity contribution in [1.29, 1.82) is 0 Å². The van der Waals surface area contributed by atoms with E-state index in [1.54, 1.807) is 31.0 Å². The molecule has 4 heterocycles. The molecule has 0 atom stereocenters. The molecule has 2 N–H and O–H groups in total. The van der Waals surface area contributed by atoms with Crippen LogP contribution in [-0.2, 0) is 18.4 Å². The van der Waals surface area contributed by atoms with Crippen molar-refractivity contribution in [3.63, 3.8) is 0 Å². The van der Waals surface area contributed by atoms with Crippen LogP contribution in [0.3, 0.4) is 0 Å². The number of nitrogens with two attached hydrogens (primary N) is 1. The first kappa shape index (κ1) is 17.2. The van der Waals surface area contributed by atoms with Gasteiger partial charge in [0.1, 0.15) is 6.61 Å². The summed E-state index contributed by atoms with van der Waals surface area (Å²) in [7, 11) is 1.92. The number of rotatable bonds is 5. The molecule has 0 aliphatic carbocycles. The van der Waals surface area contributed by atoms with Crippen molar-refractivity contribution < 1.29 is 9.47 Å². The van der Waals surface area contributed by atoms with Crippen molar-refractivity contribution >= 4 is 11.9 Å². The SMILES string of the molecule is Cn1cncc1COc1cc(-c2cnc(N)nc2)nc(N2CCOCC2)n1. The van der Waals surface area contributed by atoms with Gasteiger partial charge >= 0.3 is 0 Å². The summed E-state index contributed by atoms with van der Waals surface area (Å²) in [5.41, 5.74) is 7.95. The molecule has 1 aliphatic rings. The van der Waals surface area contributed by atoms with E-state index < -0.39 is 0 Å². The summed E-state index contributed by atoms with van der Waals surface area (Å²) in [6, 6.07) is 1.77. The molecular weight excluding hydrogens is 348 g/mol. The second-order valence-electron chi connectivity index (χ2n) is 6.11. The van der Waals surface area contributed by atoms with Crippen LogP contribution in [0.15, 0.2) is 31.0 Å². The van der Waals surface area contributed by atoms with Crippen LogP contribution in [0.25, 0.3) is 11.3 Å². The van der Waals surface area contributed by atoms with Crippen molar-refractivity contribution in [2.75, 3.05) is 36.9 Å². The first-order valence-corrected chi connectivity index (χ1v) is 8.57. The van der Waals surface area contributed by atoms with Crippen LogP contribution in [0.5, 0.6) is 5.88 Å². The third-order valence-corrected chi connectivity index (χ3v) is 4.24. The van der Waals surface area contributed by atoms with E-state index >= 15 is 0 Å². The summed E-state index contributed by atoms with van der Waals surface area (Å²) in [6.45, 7) is 3.09. The molecule has 3 aromatic rings. The molecule has 1 aliphatic heterocycles. The van der Waals surface area contributed by atoms with Crippen LogP contribution in [0.1, 0.15) is 5.69 Å². The van der Waals surface area contributed by atoms with Gasteiger partial charge in [0.2, 0.25) is 17.8 Å². The Bertz CT molecular complexity index is 906. The lowest BCUT2D eigenvalue weighted by Crippen LogP contribution is -2.37. The van der Waals surface area contributed by atoms with Gasteiger partial charge in [-0.15, -0.1) is 0 Å². The van der Waals surface area contributed by atoms with Crippen molar-refractivity contribution in [2.24, 2.45) is 7.05 Å². The highest BCUT2D eigenvalue weighted by Crippen LogP contribution is 2.24. The number of aryl methyl sites for hydroxylation is 1. The Labute approximate surface area is 156 Å². The van der Waals surface area contributed by atoms with Gasteiger partial charge in [0.25, 0.3) is 0 Å². The Hall–Kier alpha value is -3.27. The fourth-order valence-corrected chi connectivity index (χ4v) is 2.68. The third kappa shape index (κ3) is 3.95. The Morgan fingerprint density at radius 2 is 1.93 bits per heavy atom. The molecule has 0 unspecified atom stereocenters. The minimum absolute atomic E-state index is 0.217. The van der Waals surface area contributed by atoms with Crippen molar-refractivity contribution in [1.82, 2.24) is 29.5 Å². The molecule has 0 spiro atoms. The summed E-state index contributed by atoms with van der Waals surface area (Å²) in [6.07, 6.45) is 6.77. The second kappa shape index (κ2) is 7.54. The largest absolute Gasteiger partial charge is 0.471 e. The number of morpholine rings is 1. The van der Waals surface area contributed by atoms with Crippen molar-refractivity contribution in [3.05, 3.63) is 36.7 Å². The number of hydrogen-bond donors (Lipinski definition) is 1. The first-order valence-electron chi connectivity index (χ1n) is 8.57. The van der Waals surface area contributed by atoms with E-state index in [4.69, 9.17) is 15.2 Å². The van der Waals surface area contributed by atoms with E-state index in [1.807, 2.05) is 11.6 Å². The molecule has 0 aromatic carbocycles. The number of aromatic nitrogens is 6. The van der Waals surface area contributed by atoms with E-state index in [9.17, 15) is 0 Å². The molecular formula is C17H20N8O2. The zero-order chi connectivity index (χ0) is 18.6. The molecule has 1 fully saturated rings. The number of hydrogen-bond acceptors (Lipinski definition) is 9. The highest BCUT2D eigenvalue weighted by molar-refractivity contribution is 5.60. The first-order chi connectivity index (χ1) is 13.2. The summed E-state index contributed by atoms with van der Waals surface area (Å²) < 4.78 is 13.2. The molecule has 10 heteroatoms. The molecule has 0 radical (unpaired) electrons. The molecule has 4 rings (SSSR count). The molecule has 0 amide bonds. The van der Waals surface area contributed by atoms with E-state index in [2.05, 4.69) is 29.8 Å². The molecule has 10 nitrogen and oxygen atoms in total. The average Bonchev–Trinajstić information content (AvgIpc) is 3.12. The van der Waals surface area contributed by atoms with Gasteiger partial charge in [0.15, 0.2) is 0 Å². The van der Waals surface area contributed by atoms with Crippen LogP contribution in [0, 0.1) is 0 Å². The van der Waals surface area contributed by atoms with Gasteiger partial charge in [-0.1, -0.05) is 0 Å². The topological polar surface area (TPSA) is 117 Å². The Morgan fingerprint density at radius 1 is 1.15 bits per heavy atom. The summed E-state index contributed by atoms with van der Waals surface area (Å²) in [5, 5.41) is 0. The lowest BCUT2D eigenvalue weighted by Gasteiger charge is -2.27. The van der Waals surface area contributed by atoms with Crippen LogP contribution in [0.4, 0.5) is 11.9 Å². The van der Waals surface area contributed by atoms with E-state index in [-0.39, 0.29) is 5.95 Å². The van der Waals surface area contributed by atoms with Gasteiger partial charge in [-0.25, -0.2) is 19.9 Å². The smallest absolute Gasteiger partial charge is 0.229 e. The molecule has 27 heavy (non-hydrogen) atoms. The monoisotopic (exact) mass is 368 g/mol. The van der Waals surface area contributed by atoms with E-state index in [1.165, 1.54) is 0 Å². The van der Waals surface area contributed by atoms with Gasteiger partial charge in [-0.2, -0.15) is 4.98 Å². The van der Waals surface area contributed by atoms with Crippen molar-refractivity contribution in [3.8, 4) is 17.1 Å². The molecule has 0 saturated carbocycles. The zero-order valence-corrected chi connectivity index (χ0v) is 14.9. The second-order valence-corrected chi connectivity index (χ2v) is 6.11. The van der Waals surface area contributed by atoms with Crippen LogP contribution in [-0.4, -0.2) is 55.8 Å². The minimum Gasteiger partial charge on any atom is -0.471 e. The van der Waals surface area contributed by atoms with Crippen LogP contribution in [0.2, 0.25) is 0 Å². The quantitative estimate of drug-likeness (QED) is 0.693. The fourth-order valence-electron chi connectivity index (χ4n) is 2.68. The van der Waals surface area contributed by atoms with Crippen molar-refractivity contribution in [2.45, 2.75) is 6.61 Å². The van der Waals surface area contributed by atoms with Gasteiger partial charge in [0.05, 0.1) is 37.1 Å². The number of anilines is 2. The molecule has 3 aromatic heterocycles. The lowest BCUT2D eigenvalue weighted by atomic mass is 10.2. The van der Waals surface area contributed by atoms with Gasteiger partial charge in [-0.05, 0) is 0 Å². The maximum atomic E-state index is 5.91. The third-order valence-electron chi connectivity index (χ3n) is 4.24. The summed E-state index contributed by atoms with van der Waals surface area (Å²) >= 11 is 0. The van der Waals surface area contributed by atoms with Crippen LogP contribution >= 0.6 is 0 Å². The number of imidazole rings is 1. The average molecular weight is 368 g/mol.